The molecule has 0 unspecified atom stereocenters. The fourth-order valence-electron chi connectivity index (χ4n) is 5.26. The van der Waals surface area contributed by atoms with Crippen molar-refractivity contribution in [3.05, 3.63) is 60.9 Å². The average molecular weight is 583 g/mol. The molecular formula is C41H74O. The molecule has 0 amide bonds. The van der Waals surface area contributed by atoms with Gasteiger partial charge >= 0.3 is 0 Å². The zero-order chi connectivity index (χ0) is 30.4. The summed E-state index contributed by atoms with van der Waals surface area (Å²) in [7, 11) is 0. The molecule has 0 bridgehead atoms. The molecule has 0 spiro atoms. The van der Waals surface area contributed by atoms with E-state index >= 15 is 0 Å². The smallest absolute Gasteiger partial charge is 0.0978 e. The summed E-state index contributed by atoms with van der Waals surface area (Å²) >= 11 is 0. The second-order valence-corrected chi connectivity index (χ2v) is 12.3. The van der Waals surface area contributed by atoms with Crippen LogP contribution in [0.4, 0.5) is 0 Å². The first-order chi connectivity index (χ1) is 20.8. The molecule has 0 saturated carbocycles. The maximum atomic E-state index is 6.13. The van der Waals surface area contributed by atoms with Gasteiger partial charge in [0.1, 0.15) is 0 Å². The number of unbranched alkanes of at least 4 members (excludes halogenated alkanes) is 18. The Morgan fingerprint density at radius 3 is 1.12 bits per heavy atom. The third kappa shape index (κ3) is 34.7. The van der Waals surface area contributed by atoms with E-state index in [1.165, 1.54) is 154 Å². The fraction of sp³-hybridized carbons (Fsp3) is 0.756. The van der Waals surface area contributed by atoms with Gasteiger partial charge in [-0.3, -0.25) is 0 Å². The Hall–Kier alpha value is -1.50. The van der Waals surface area contributed by atoms with Crippen molar-refractivity contribution < 1.29 is 4.74 Å². The minimum absolute atomic E-state index is 0.421. The molecule has 0 N–H and O–H groups in total. The minimum atomic E-state index is 0.421. The lowest BCUT2D eigenvalue weighted by Gasteiger charge is -2.17. The second kappa shape index (κ2) is 37.5. The largest absolute Gasteiger partial charge is 0.498 e. The van der Waals surface area contributed by atoms with Crippen LogP contribution in [-0.4, -0.2) is 6.10 Å². The third-order valence-electron chi connectivity index (χ3n) is 8.06. The lowest BCUT2D eigenvalue weighted by molar-refractivity contribution is 0.120. The van der Waals surface area contributed by atoms with Crippen molar-refractivity contribution in [2.75, 3.05) is 0 Å². The van der Waals surface area contributed by atoms with Crippen LogP contribution < -0.4 is 0 Å². The maximum Gasteiger partial charge on any atom is 0.0978 e. The molecule has 0 aromatic rings. The van der Waals surface area contributed by atoms with Gasteiger partial charge in [0.25, 0.3) is 0 Å². The number of hydrogen-bond acceptors (Lipinski definition) is 1. The van der Waals surface area contributed by atoms with Crippen LogP contribution in [0.15, 0.2) is 60.9 Å². The van der Waals surface area contributed by atoms with Crippen molar-refractivity contribution in [3.8, 4) is 0 Å². The third-order valence-corrected chi connectivity index (χ3v) is 8.06. The van der Waals surface area contributed by atoms with Gasteiger partial charge in [-0.25, -0.2) is 0 Å². The molecule has 1 nitrogen and oxygen atoms in total. The van der Waals surface area contributed by atoms with Crippen molar-refractivity contribution in [1.29, 1.82) is 0 Å². The van der Waals surface area contributed by atoms with E-state index in [2.05, 4.69) is 75.5 Å². The number of rotatable bonds is 33. The van der Waals surface area contributed by atoms with Gasteiger partial charge < -0.3 is 4.74 Å². The van der Waals surface area contributed by atoms with E-state index in [1.54, 1.807) is 0 Å². The second-order valence-electron chi connectivity index (χ2n) is 12.3. The molecule has 1 heteroatoms. The fourth-order valence-corrected chi connectivity index (χ4v) is 5.26. The van der Waals surface area contributed by atoms with Crippen LogP contribution in [0.5, 0.6) is 0 Å². The Kier molecular flexibility index (Phi) is 36.2. The molecule has 244 valence electrons. The van der Waals surface area contributed by atoms with E-state index < -0.39 is 0 Å². The summed E-state index contributed by atoms with van der Waals surface area (Å²) in [6.45, 7) is 6.72. The summed E-state index contributed by atoms with van der Waals surface area (Å²) in [5.74, 6) is 0. The highest BCUT2D eigenvalue weighted by molar-refractivity contribution is 4.93. The van der Waals surface area contributed by atoms with E-state index in [-0.39, 0.29) is 0 Å². The Morgan fingerprint density at radius 1 is 0.381 bits per heavy atom. The van der Waals surface area contributed by atoms with E-state index in [4.69, 9.17) is 4.74 Å². The summed E-state index contributed by atoms with van der Waals surface area (Å²) in [6, 6.07) is 0. The van der Waals surface area contributed by atoms with Crippen molar-refractivity contribution in [2.24, 2.45) is 0 Å². The Bertz CT molecular complexity index is 589. The normalized spacial score (nSPS) is 12.6. The summed E-state index contributed by atoms with van der Waals surface area (Å²) in [5, 5.41) is 0. The predicted octanol–water partition coefficient (Wildman–Crippen LogP) is 14.7. The van der Waals surface area contributed by atoms with E-state index in [0.29, 0.717) is 6.10 Å². The van der Waals surface area contributed by atoms with Crippen LogP contribution in [0.25, 0.3) is 0 Å². The number of allylic oxidation sites excluding steroid dienone is 9. The summed E-state index contributed by atoms with van der Waals surface area (Å²) in [5.41, 5.74) is 0. The number of ether oxygens (including phenoxy) is 1. The van der Waals surface area contributed by atoms with Crippen molar-refractivity contribution in [3.63, 3.8) is 0 Å². The minimum Gasteiger partial charge on any atom is -0.498 e. The molecule has 0 rings (SSSR count). The zero-order valence-electron chi connectivity index (χ0n) is 28.9. The highest BCUT2D eigenvalue weighted by Gasteiger charge is 2.08. The maximum absolute atomic E-state index is 6.13. The Balaban J connectivity index is 3.71. The molecule has 0 aromatic carbocycles. The first-order valence-corrected chi connectivity index (χ1v) is 18.8. The van der Waals surface area contributed by atoms with Crippen molar-refractivity contribution >= 4 is 0 Å². The standard InChI is InChI=1S/C41H74O/c1-4-7-10-12-14-16-18-20-22-24-26-28-30-32-34-36-38-41(42-40-9-6-3)39-37-35-33-31-29-27-25-23-21-19-17-15-13-11-8-5-2/h9,14-17,20-23,40-41H,4-8,10-13,18-19,24-39H2,1-3H3/b16-14-,17-15-,22-20-,23-21-,40-9+. The highest BCUT2D eigenvalue weighted by Crippen LogP contribution is 2.18. The molecule has 0 aliphatic rings. The number of hydrogen-bond donors (Lipinski definition) is 0. The van der Waals surface area contributed by atoms with Gasteiger partial charge in [-0.15, -0.1) is 0 Å². The quantitative estimate of drug-likeness (QED) is 0.0425. The predicted molar refractivity (Wildman–Crippen MR) is 192 cm³/mol. The molecule has 0 atom stereocenters. The lowest BCUT2D eigenvalue weighted by atomic mass is 10.0. The van der Waals surface area contributed by atoms with Crippen LogP contribution in [-0.2, 0) is 4.74 Å². The van der Waals surface area contributed by atoms with Crippen LogP contribution in [0.1, 0.15) is 194 Å². The van der Waals surface area contributed by atoms with Gasteiger partial charge in [-0.2, -0.15) is 0 Å². The monoisotopic (exact) mass is 583 g/mol. The zero-order valence-corrected chi connectivity index (χ0v) is 28.9. The van der Waals surface area contributed by atoms with Gasteiger partial charge in [0.15, 0.2) is 0 Å². The summed E-state index contributed by atoms with van der Waals surface area (Å²) in [6.07, 6.45) is 58.5. The molecule has 0 saturated heterocycles. The van der Waals surface area contributed by atoms with Crippen LogP contribution in [0.2, 0.25) is 0 Å². The Morgan fingerprint density at radius 2 is 0.738 bits per heavy atom. The molecule has 0 heterocycles. The van der Waals surface area contributed by atoms with Crippen LogP contribution in [0.3, 0.4) is 0 Å². The van der Waals surface area contributed by atoms with Gasteiger partial charge in [0.05, 0.1) is 12.4 Å². The van der Waals surface area contributed by atoms with Gasteiger partial charge in [-0.05, 0) is 96.3 Å². The van der Waals surface area contributed by atoms with Crippen LogP contribution >= 0.6 is 0 Å². The van der Waals surface area contributed by atoms with Gasteiger partial charge in [-0.1, -0.05) is 153 Å². The van der Waals surface area contributed by atoms with Crippen molar-refractivity contribution in [1.82, 2.24) is 0 Å². The molecule has 0 aromatic heterocycles. The SMILES string of the molecule is CC/C=C/OC(CCCCCCCC/C=C\C/C=C\CCCCC)CCCCCCCC/C=C\C/C=C\CCCCC. The van der Waals surface area contributed by atoms with E-state index in [0.717, 1.165) is 19.3 Å². The topological polar surface area (TPSA) is 9.23 Å². The molecule has 42 heavy (non-hydrogen) atoms. The Labute approximate surface area is 265 Å². The molecule has 0 radical (unpaired) electrons. The van der Waals surface area contributed by atoms with Gasteiger partial charge in [0.2, 0.25) is 0 Å². The lowest BCUT2D eigenvalue weighted by Crippen LogP contribution is -2.09. The van der Waals surface area contributed by atoms with Crippen molar-refractivity contribution in [2.45, 2.75) is 200 Å². The van der Waals surface area contributed by atoms with E-state index in [9.17, 15) is 0 Å². The first kappa shape index (κ1) is 40.5. The molecule has 0 aliphatic heterocycles. The van der Waals surface area contributed by atoms with Crippen LogP contribution in [0, 0.1) is 0 Å². The summed E-state index contributed by atoms with van der Waals surface area (Å²) in [4.78, 5) is 0. The molecule has 0 fully saturated rings. The summed E-state index contributed by atoms with van der Waals surface area (Å²) < 4.78 is 6.13. The average Bonchev–Trinajstić information content (AvgIpc) is 3.00. The first-order valence-electron chi connectivity index (χ1n) is 18.8. The molecular weight excluding hydrogens is 508 g/mol. The van der Waals surface area contributed by atoms with Gasteiger partial charge in [0, 0.05) is 0 Å². The molecule has 0 aliphatic carbocycles. The highest BCUT2D eigenvalue weighted by atomic mass is 16.5. The van der Waals surface area contributed by atoms with E-state index in [1.807, 2.05) is 6.26 Å².